The highest BCUT2D eigenvalue weighted by Crippen LogP contribution is 2.27. The summed E-state index contributed by atoms with van der Waals surface area (Å²) < 4.78 is 11.8. The van der Waals surface area contributed by atoms with Crippen LogP contribution >= 0.6 is 0 Å². The molecule has 0 N–H and O–H groups in total. The topological polar surface area (TPSA) is 59.3 Å². The van der Waals surface area contributed by atoms with Gasteiger partial charge in [0.2, 0.25) is 0 Å². The SMILES string of the molecule is CC(=O)c1ccc(OCc2ccccc2)cc1OCCCCCC(C#N)c1ccccc1. The summed E-state index contributed by atoms with van der Waals surface area (Å²) in [5.74, 6) is 1.13. The van der Waals surface area contributed by atoms with Crippen molar-refractivity contribution in [3.8, 4) is 17.6 Å². The molecule has 0 bridgehead atoms. The van der Waals surface area contributed by atoms with E-state index in [0.29, 0.717) is 30.3 Å². The summed E-state index contributed by atoms with van der Waals surface area (Å²) in [6.45, 7) is 2.52. The molecule has 0 amide bonds. The molecule has 0 saturated carbocycles. The van der Waals surface area contributed by atoms with Crippen LogP contribution in [-0.4, -0.2) is 12.4 Å². The Labute approximate surface area is 190 Å². The predicted octanol–water partition coefficient (Wildman–Crippen LogP) is 6.71. The number of nitriles is 1. The van der Waals surface area contributed by atoms with Gasteiger partial charge in [0, 0.05) is 6.07 Å². The number of carbonyl (C=O) groups excluding carboxylic acids is 1. The molecule has 0 spiro atoms. The summed E-state index contributed by atoms with van der Waals surface area (Å²) >= 11 is 0. The van der Waals surface area contributed by atoms with Crippen molar-refractivity contribution in [2.45, 2.75) is 45.1 Å². The van der Waals surface area contributed by atoms with Crippen LogP contribution in [0.15, 0.2) is 78.9 Å². The van der Waals surface area contributed by atoms with Crippen LogP contribution in [0, 0.1) is 11.3 Å². The van der Waals surface area contributed by atoms with Crippen LogP contribution in [-0.2, 0) is 6.61 Å². The smallest absolute Gasteiger partial charge is 0.163 e. The maximum atomic E-state index is 12.0. The van der Waals surface area contributed by atoms with Gasteiger partial charge in [-0.25, -0.2) is 0 Å². The molecule has 4 nitrogen and oxygen atoms in total. The van der Waals surface area contributed by atoms with E-state index < -0.39 is 0 Å². The van der Waals surface area contributed by atoms with Crippen molar-refractivity contribution >= 4 is 5.78 Å². The summed E-state index contributed by atoms with van der Waals surface area (Å²) in [5.41, 5.74) is 2.71. The monoisotopic (exact) mass is 427 g/mol. The number of Topliss-reactive ketones (excluding diaryl/α,β-unsaturated/α-hetero) is 1. The Kier molecular flexibility index (Phi) is 8.89. The maximum Gasteiger partial charge on any atom is 0.163 e. The zero-order valence-electron chi connectivity index (χ0n) is 18.5. The van der Waals surface area contributed by atoms with E-state index in [1.807, 2.05) is 60.7 Å². The number of unbranched alkanes of at least 4 members (excludes halogenated alkanes) is 2. The summed E-state index contributed by atoms with van der Waals surface area (Å²) in [5, 5.41) is 9.44. The third-order valence-electron chi connectivity index (χ3n) is 5.33. The Morgan fingerprint density at radius 1 is 0.906 bits per heavy atom. The van der Waals surface area contributed by atoms with Gasteiger partial charge in [0.05, 0.1) is 24.2 Å². The van der Waals surface area contributed by atoms with Crippen molar-refractivity contribution in [2.24, 2.45) is 0 Å². The maximum absolute atomic E-state index is 12.0. The fourth-order valence-electron chi connectivity index (χ4n) is 3.54. The van der Waals surface area contributed by atoms with Crippen molar-refractivity contribution in [1.82, 2.24) is 0 Å². The molecule has 0 aliphatic rings. The molecule has 0 aliphatic heterocycles. The third kappa shape index (κ3) is 6.99. The molecule has 164 valence electrons. The van der Waals surface area contributed by atoms with Gasteiger partial charge in [-0.1, -0.05) is 73.5 Å². The van der Waals surface area contributed by atoms with Gasteiger partial charge in [-0.05, 0) is 43.0 Å². The molecule has 3 aromatic carbocycles. The number of carbonyl (C=O) groups is 1. The number of hydrogen-bond acceptors (Lipinski definition) is 4. The van der Waals surface area contributed by atoms with Crippen molar-refractivity contribution in [3.05, 3.63) is 95.6 Å². The first kappa shape index (κ1) is 23.1. The lowest BCUT2D eigenvalue weighted by Gasteiger charge is -2.13. The number of ether oxygens (including phenoxy) is 2. The average Bonchev–Trinajstić information content (AvgIpc) is 2.83. The van der Waals surface area contributed by atoms with Gasteiger partial charge in [0.25, 0.3) is 0 Å². The Bertz CT molecular complexity index is 1030. The number of benzene rings is 3. The lowest BCUT2D eigenvalue weighted by Crippen LogP contribution is -2.04. The number of ketones is 1. The quantitative estimate of drug-likeness (QED) is 0.238. The molecule has 3 rings (SSSR count). The minimum Gasteiger partial charge on any atom is -0.493 e. The number of rotatable bonds is 12. The first-order valence-electron chi connectivity index (χ1n) is 11.1. The highest BCUT2D eigenvalue weighted by molar-refractivity contribution is 5.97. The van der Waals surface area contributed by atoms with Crippen molar-refractivity contribution in [3.63, 3.8) is 0 Å². The molecule has 0 heterocycles. The van der Waals surface area contributed by atoms with Crippen LogP contribution in [0.25, 0.3) is 0 Å². The standard InChI is InChI=1S/C28H29NO3/c1-22(30)27-17-16-26(32-21-23-11-5-2-6-12-23)19-28(27)31-18-10-4-9-15-25(20-29)24-13-7-3-8-14-24/h2-3,5-8,11-14,16-17,19,25H,4,9-10,15,18,21H2,1H3. The zero-order chi connectivity index (χ0) is 22.6. The molecule has 4 heteroatoms. The lowest BCUT2D eigenvalue weighted by molar-refractivity contribution is 0.101. The largest absolute Gasteiger partial charge is 0.493 e. The van der Waals surface area contributed by atoms with Gasteiger partial charge in [-0.15, -0.1) is 0 Å². The molecule has 0 aromatic heterocycles. The second-order valence-electron chi connectivity index (χ2n) is 7.78. The van der Waals surface area contributed by atoms with E-state index in [1.54, 1.807) is 18.2 Å². The van der Waals surface area contributed by atoms with Gasteiger partial charge in [0.1, 0.15) is 18.1 Å². The molecular weight excluding hydrogens is 398 g/mol. The third-order valence-corrected chi connectivity index (χ3v) is 5.33. The summed E-state index contributed by atoms with van der Waals surface area (Å²) in [4.78, 5) is 12.0. The molecule has 0 fully saturated rings. The van der Waals surface area contributed by atoms with Gasteiger partial charge in [0.15, 0.2) is 5.78 Å². The van der Waals surface area contributed by atoms with Crippen LogP contribution in [0.3, 0.4) is 0 Å². The van der Waals surface area contributed by atoms with Crippen LogP contribution in [0.5, 0.6) is 11.5 Å². The minimum absolute atomic E-state index is 0.0330. The highest BCUT2D eigenvalue weighted by atomic mass is 16.5. The van der Waals surface area contributed by atoms with Crippen LogP contribution in [0.2, 0.25) is 0 Å². The zero-order valence-corrected chi connectivity index (χ0v) is 18.5. The van der Waals surface area contributed by atoms with E-state index in [-0.39, 0.29) is 11.7 Å². The van der Waals surface area contributed by atoms with Crippen molar-refractivity contribution in [2.75, 3.05) is 6.61 Å². The second kappa shape index (κ2) is 12.3. The van der Waals surface area contributed by atoms with Gasteiger partial charge >= 0.3 is 0 Å². The second-order valence-corrected chi connectivity index (χ2v) is 7.78. The molecule has 0 radical (unpaired) electrons. The minimum atomic E-state index is -0.0696. The van der Waals surface area contributed by atoms with Gasteiger partial charge in [-0.2, -0.15) is 5.26 Å². The van der Waals surface area contributed by atoms with E-state index in [4.69, 9.17) is 9.47 Å². The van der Waals surface area contributed by atoms with E-state index in [2.05, 4.69) is 6.07 Å². The Morgan fingerprint density at radius 2 is 1.62 bits per heavy atom. The average molecular weight is 428 g/mol. The fourth-order valence-corrected chi connectivity index (χ4v) is 3.54. The normalized spacial score (nSPS) is 11.4. The van der Waals surface area contributed by atoms with E-state index >= 15 is 0 Å². The fraction of sp³-hybridized carbons (Fsp3) is 0.286. The molecule has 32 heavy (non-hydrogen) atoms. The van der Waals surface area contributed by atoms with E-state index in [0.717, 1.165) is 36.8 Å². The van der Waals surface area contributed by atoms with Crippen LogP contribution < -0.4 is 9.47 Å². The molecule has 0 aliphatic carbocycles. The van der Waals surface area contributed by atoms with Crippen molar-refractivity contribution in [1.29, 1.82) is 5.26 Å². The predicted molar refractivity (Wildman–Crippen MR) is 126 cm³/mol. The molecule has 3 aromatic rings. The summed E-state index contributed by atoms with van der Waals surface area (Å²) in [6.07, 6.45) is 3.61. The van der Waals surface area contributed by atoms with E-state index in [9.17, 15) is 10.1 Å². The first-order chi connectivity index (χ1) is 15.7. The summed E-state index contributed by atoms with van der Waals surface area (Å²) in [6, 6.07) is 27.6. The van der Waals surface area contributed by atoms with Crippen LogP contribution in [0.1, 0.15) is 60.0 Å². The summed E-state index contributed by atoms with van der Waals surface area (Å²) in [7, 11) is 0. The molecule has 1 atom stereocenters. The van der Waals surface area contributed by atoms with E-state index in [1.165, 1.54) is 6.92 Å². The number of nitrogens with zero attached hydrogens (tertiary/aromatic N) is 1. The number of hydrogen-bond donors (Lipinski definition) is 0. The molecule has 0 saturated heterocycles. The first-order valence-corrected chi connectivity index (χ1v) is 11.1. The van der Waals surface area contributed by atoms with Crippen LogP contribution in [0.4, 0.5) is 0 Å². The molecule has 1 unspecified atom stereocenters. The van der Waals surface area contributed by atoms with Gasteiger partial charge < -0.3 is 9.47 Å². The van der Waals surface area contributed by atoms with Crippen molar-refractivity contribution < 1.29 is 14.3 Å². The highest BCUT2D eigenvalue weighted by Gasteiger charge is 2.12. The Morgan fingerprint density at radius 3 is 2.31 bits per heavy atom. The molecular formula is C28H29NO3. The lowest BCUT2D eigenvalue weighted by atomic mass is 9.95. The van der Waals surface area contributed by atoms with Gasteiger partial charge in [-0.3, -0.25) is 4.79 Å². The Hall–Kier alpha value is -3.58. The Balaban J connectivity index is 1.47.